The molecule has 0 atom stereocenters. The standard InChI is InChI=1S/C19H20INO3/c1-14(10-11-22)19(23)21(13-15-6-4-3-5-7-15)18-9-8-16(24-2)12-17(18)20/h3-9,12,22H,1,10-11,13H2,2H3. The van der Waals surface area contributed by atoms with E-state index in [4.69, 9.17) is 9.84 Å². The Morgan fingerprint density at radius 3 is 2.54 bits per heavy atom. The number of hydrogen-bond acceptors (Lipinski definition) is 3. The predicted molar refractivity (Wildman–Crippen MR) is 104 cm³/mol. The molecule has 2 aromatic rings. The van der Waals surface area contributed by atoms with Crippen LogP contribution in [0, 0.1) is 3.57 Å². The molecule has 1 amide bonds. The number of benzene rings is 2. The number of aliphatic hydroxyl groups excluding tert-OH is 1. The molecule has 0 aromatic heterocycles. The summed E-state index contributed by atoms with van der Waals surface area (Å²) in [6.07, 6.45) is 0.261. The van der Waals surface area contributed by atoms with Crippen molar-refractivity contribution in [1.82, 2.24) is 0 Å². The first-order chi connectivity index (χ1) is 11.6. The summed E-state index contributed by atoms with van der Waals surface area (Å²) >= 11 is 2.19. The van der Waals surface area contributed by atoms with Gasteiger partial charge in [0.2, 0.25) is 0 Å². The molecular weight excluding hydrogens is 417 g/mol. The second-order valence-corrected chi connectivity index (χ2v) is 6.43. The number of methoxy groups -OCH3 is 1. The van der Waals surface area contributed by atoms with Crippen LogP contribution >= 0.6 is 22.6 Å². The lowest BCUT2D eigenvalue weighted by molar-refractivity contribution is -0.115. The molecule has 0 fully saturated rings. The molecule has 0 unspecified atom stereocenters. The summed E-state index contributed by atoms with van der Waals surface area (Å²) in [5, 5.41) is 9.10. The molecule has 24 heavy (non-hydrogen) atoms. The highest BCUT2D eigenvalue weighted by atomic mass is 127. The largest absolute Gasteiger partial charge is 0.497 e. The SMILES string of the molecule is C=C(CCO)C(=O)N(Cc1ccccc1)c1ccc(OC)cc1I. The molecule has 0 radical (unpaired) electrons. The highest BCUT2D eigenvalue weighted by molar-refractivity contribution is 14.1. The summed E-state index contributed by atoms with van der Waals surface area (Å²) in [4.78, 5) is 14.5. The van der Waals surface area contributed by atoms with Crippen molar-refractivity contribution in [1.29, 1.82) is 0 Å². The van der Waals surface area contributed by atoms with Crippen LogP contribution in [-0.4, -0.2) is 24.7 Å². The Balaban J connectivity index is 2.38. The summed E-state index contributed by atoms with van der Waals surface area (Å²) in [5.74, 6) is 0.556. The van der Waals surface area contributed by atoms with Gasteiger partial charge in [-0.3, -0.25) is 4.79 Å². The van der Waals surface area contributed by atoms with E-state index in [0.717, 1.165) is 20.6 Å². The molecule has 0 aliphatic heterocycles. The van der Waals surface area contributed by atoms with Crippen molar-refractivity contribution in [3.8, 4) is 5.75 Å². The normalized spacial score (nSPS) is 10.3. The summed E-state index contributed by atoms with van der Waals surface area (Å²) < 4.78 is 6.15. The van der Waals surface area contributed by atoms with E-state index in [9.17, 15) is 4.79 Å². The number of rotatable bonds is 7. The maximum absolute atomic E-state index is 12.8. The van der Waals surface area contributed by atoms with Crippen LogP contribution in [0.5, 0.6) is 5.75 Å². The molecule has 4 nitrogen and oxygen atoms in total. The molecule has 126 valence electrons. The van der Waals surface area contributed by atoms with Gasteiger partial charge in [0.15, 0.2) is 0 Å². The maximum atomic E-state index is 12.8. The number of anilines is 1. The van der Waals surface area contributed by atoms with Crippen molar-refractivity contribution in [2.75, 3.05) is 18.6 Å². The van der Waals surface area contributed by atoms with E-state index >= 15 is 0 Å². The fourth-order valence-electron chi connectivity index (χ4n) is 2.30. The lowest BCUT2D eigenvalue weighted by atomic mass is 10.1. The van der Waals surface area contributed by atoms with Crippen LogP contribution in [0.2, 0.25) is 0 Å². The number of ether oxygens (including phenoxy) is 1. The predicted octanol–water partition coefficient (Wildman–Crippen LogP) is 3.77. The van der Waals surface area contributed by atoms with E-state index in [1.807, 2.05) is 48.5 Å². The van der Waals surface area contributed by atoms with E-state index in [1.54, 1.807) is 12.0 Å². The van der Waals surface area contributed by atoms with E-state index in [1.165, 1.54) is 0 Å². The second kappa shape index (κ2) is 8.84. The summed E-state index contributed by atoms with van der Waals surface area (Å²) in [5.41, 5.74) is 2.21. The Labute approximate surface area is 155 Å². The Morgan fingerprint density at radius 2 is 1.96 bits per heavy atom. The molecule has 0 saturated carbocycles. The number of hydrogen-bond donors (Lipinski definition) is 1. The van der Waals surface area contributed by atoms with Crippen molar-refractivity contribution >= 4 is 34.2 Å². The molecular formula is C19H20INO3. The van der Waals surface area contributed by atoms with E-state index in [2.05, 4.69) is 29.2 Å². The van der Waals surface area contributed by atoms with Gasteiger partial charge in [0.1, 0.15) is 5.75 Å². The molecule has 0 spiro atoms. The topological polar surface area (TPSA) is 49.8 Å². The third-order valence-corrected chi connectivity index (χ3v) is 4.45. The number of halogens is 1. The van der Waals surface area contributed by atoms with Crippen LogP contribution in [0.4, 0.5) is 5.69 Å². The van der Waals surface area contributed by atoms with Gasteiger partial charge in [0, 0.05) is 22.2 Å². The second-order valence-electron chi connectivity index (χ2n) is 5.27. The summed E-state index contributed by atoms with van der Waals surface area (Å²) in [6, 6.07) is 15.4. The molecule has 1 N–H and O–H groups in total. The van der Waals surface area contributed by atoms with Gasteiger partial charge in [-0.05, 0) is 46.4 Å². The zero-order chi connectivity index (χ0) is 17.5. The lowest BCUT2D eigenvalue weighted by Crippen LogP contribution is -2.32. The van der Waals surface area contributed by atoms with Gasteiger partial charge in [0.25, 0.3) is 5.91 Å². The minimum absolute atomic E-state index is 0.0938. The van der Waals surface area contributed by atoms with Crippen LogP contribution in [0.15, 0.2) is 60.7 Å². The number of nitrogens with zero attached hydrogens (tertiary/aromatic N) is 1. The minimum Gasteiger partial charge on any atom is -0.497 e. The van der Waals surface area contributed by atoms with Gasteiger partial charge in [-0.15, -0.1) is 0 Å². The molecule has 5 heteroatoms. The third kappa shape index (κ3) is 4.58. The molecule has 0 bridgehead atoms. The van der Waals surface area contributed by atoms with Crippen LogP contribution in [0.25, 0.3) is 0 Å². The third-order valence-electron chi connectivity index (χ3n) is 3.59. The first kappa shape index (κ1) is 18.5. The van der Waals surface area contributed by atoms with Gasteiger partial charge < -0.3 is 14.7 Å². The first-order valence-corrected chi connectivity index (χ1v) is 8.62. The zero-order valence-electron chi connectivity index (χ0n) is 13.5. The fourth-order valence-corrected chi connectivity index (χ4v) is 3.08. The van der Waals surface area contributed by atoms with Gasteiger partial charge in [0.05, 0.1) is 19.3 Å². The first-order valence-electron chi connectivity index (χ1n) is 7.54. The number of aliphatic hydroxyl groups is 1. The Hall–Kier alpha value is -1.86. The Kier molecular flexibility index (Phi) is 6.81. The minimum atomic E-state index is -0.184. The lowest BCUT2D eigenvalue weighted by Gasteiger charge is -2.25. The van der Waals surface area contributed by atoms with Gasteiger partial charge >= 0.3 is 0 Å². The fraction of sp³-hybridized carbons (Fsp3) is 0.211. The highest BCUT2D eigenvalue weighted by Gasteiger charge is 2.21. The number of carbonyl (C=O) groups excluding carboxylic acids is 1. The number of carbonyl (C=O) groups is 1. The molecule has 0 saturated heterocycles. The molecule has 0 aliphatic carbocycles. The van der Waals surface area contributed by atoms with Crippen LogP contribution in [-0.2, 0) is 11.3 Å². The van der Waals surface area contributed by atoms with E-state index < -0.39 is 0 Å². The zero-order valence-corrected chi connectivity index (χ0v) is 15.7. The van der Waals surface area contributed by atoms with Gasteiger partial charge in [-0.1, -0.05) is 36.9 Å². The summed E-state index contributed by atoms with van der Waals surface area (Å²) in [7, 11) is 1.61. The number of amides is 1. The molecule has 0 heterocycles. The van der Waals surface area contributed by atoms with Crippen LogP contribution in [0.3, 0.4) is 0 Å². The van der Waals surface area contributed by atoms with Crippen molar-refractivity contribution in [3.63, 3.8) is 0 Å². The Bertz CT molecular complexity index is 716. The summed E-state index contributed by atoms with van der Waals surface area (Å²) in [6.45, 7) is 4.16. The quantitative estimate of drug-likeness (QED) is 0.530. The van der Waals surface area contributed by atoms with Gasteiger partial charge in [-0.2, -0.15) is 0 Å². The Morgan fingerprint density at radius 1 is 1.25 bits per heavy atom. The average molecular weight is 437 g/mol. The van der Waals surface area contributed by atoms with E-state index in [-0.39, 0.29) is 18.9 Å². The van der Waals surface area contributed by atoms with Crippen molar-refractivity contribution in [2.24, 2.45) is 0 Å². The highest BCUT2D eigenvalue weighted by Crippen LogP contribution is 2.29. The molecule has 2 rings (SSSR count). The van der Waals surface area contributed by atoms with Crippen molar-refractivity contribution in [2.45, 2.75) is 13.0 Å². The monoisotopic (exact) mass is 437 g/mol. The molecule has 2 aromatic carbocycles. The van der Waals surface area contributed by atoms with E-state index in [0.29, 0.717) is 12.1 Å². The maximum Gasteiger partial charge on any atom is 0.254 e. The molecule has 0 aliphatic rings. The van der Waals surface area contributed by atoms with Crippen molar-refractivity contribution < 1.29 is 14.6 Å². The average Bonchev–Trinajstić information content (AvgIpc) is 2.60. The van der Waals surface area contributed by atoms with Crippen LogP contribution in [0.1, 0.15) is 12.0 Å². The smallest absolute Gasteiger partial charge is 0.254 e. The van der Waals surface area contributed by atoms with Gasteiger partial charge in [-0.25, -0.2) is 0 Å². The van der Waals surface area contributed by atoms with Crippen molar-refractivity contribution in [3.05, 3.63) is 69.8 Å². The van der Waals surface area contributed by atoms with Crippen LogP contribution < -0.4 is 9.64 Å².